The van der Waals surface area contributed by atoms with Crippen molar-refractivity contribution in [1.29, 1.82) is 0 Å². The van der Waals surface area contributed by atoms with Crippen molar-refractivity contribution in [2.75, 3.05) is 13.1 Å². The Morgan fingerprint density at radius 2 is 1.95 bits per heavy atom. The predicted octanol–water partition coefficient (Wildman–Crippen LogP) is 3.74. The van der Waals surface area contributed by atoms with Gasteiger partial charge in [0.25, 0.3) is 0 Å². The molecular formula is C15H17F3N2O2. The molecule has 7 heteroatoms. The van der Waals surface area contributed by atoms with Crippen molar-refractivity contribution in [3.8, 4) is 0 Å². The van der Waals surface area contributed by atoms with Crippen LogP contribution in [0.3, 0.4) is 0 Å². The fourth-order valence-corrected chi connectivity index (χ4v) is 3.66. The first kappa shape index (κ1) is 15.1. The van der Waals surface area contributed by atoms with Gasteiger partial charge in [0.15, 0.2) is 0 Å². The number of amides is 1. The largest absolute Gasteiger partial charge is 0.465 e. The summed E-state index contributed by atoms with van der Waals surface area (Å²) in [5, 5.41) is 8.95. The third-order valence-electron chi connectivity index (χ3n) is 5.00. The quantitative estimate of drug-likeness (QED) is 0.859. The molecule has 1 aliphatic carbocycles. The Morgan fingerprint density at radius 1 is 1.32 bits per heavy atom. The number of pyridine rings is 1. The minimum Gasteiger partial charge on any atom is -0.465 e. The Kier molecular flexibility index (Phi) is 3.53. The molecule has 0 unspecified atom stereocenters. The third kappa shape index (κ3) is 2.76. The molecule has 3 rings (SSSR count). The van der Waals surface area contributed by atoms with E-state index >= 15 is 0 Å². The summed E-state index contributed by atoms with van der Waals surface area (Å²) in [5.74, 6) is 0.125. The maximum atomic E-state index is 12.7. The standard InChI is InChI=1S/C15H17F3N2O2/c16-15(17,18)12-7-10(1-4-19-12)11-8-14(9-11)2-5-20(6-3-14)13(21)22/h1,4,7,11H,2-3,5-6,8-9H2,(H,21,22). The molecule has 1 aromatic heterocycles. The molecule has 1 amide bonds. The van der Waals surface area contributed by atoms with Crippen LogP contribution >= 0.6 is 0 Å². The fourth-order valence-electron chi connectivity index (χ4n) is 3.66. The lowest BCUT2D eigenvalue weighted by molar-refractivity contribution is -0.141. The van der Waals surface area contributed by atoms with Gasteiger partial charge >= 0.3 is 12.3 Å². The lowest BCUT2D eigenvalue weighted by atomic mass is 9.56. The van der Waals surface area contributed by atoms with Crippen LogP contribution in [0.25, 0.3) is 0 Å². The molecule has 0 bridgehead atoms. The summed E-state index contributed by atoms with van der Waals surface area (Å²) in [7, 11) is 0. The number of carboxylic acid groups (broad SMARTS) is 1. The van der Waals surface area contributed by atoms with Gasteiger partial charge < -0.3 is 10.0 Å². The summed E-state index contributed by atoms with van der Waals surface area (Å²) in [6.07, 6.45) is -0.820. The zero-order valence-electron chi connectivity index (χ0n) is 11.9. The van der Waals surface area contributed by atoms with E-state index in [1.54, 1.807) is 6.07 Å². The van der Waals surface area contributed by atoms with Gasteiger partial charge in [-0.15, -0.1) is 0 Å². The van der Waals surface area contributed by atoms with Crippen molar-refractivity contribution in [2.45, 2.75) is 37.8 Å². The van der Waals surface area contributed by atoms with E-state index < -0.39 is 18.0 Å². The molecule has 0 aromatic carbocycles. The minimum atomic E-state index is -4.41. The van der Waals surface area contributed by atoms with Crippen molar-refractivity contribution >= 4 is 6.09 Å². The number of hydrogen-bond acceptors (Lipinski definition) is 2. The molecule has 0 atom stereocenters. The van der Waals surface area contributed by atoms with Crippen LogP contribution in [-0.2, 0) is 6.18 Å². The topological polar surface area (TPSA) is 53.4 Å². The van der Waals surface area contributed by atoms with E-state index in [0.717, 1.165) is 31.7 Å². The molecule has 2 fully saturated rings. The first-order valence-electron chi connectivity index (χ1n) is 7.30. The predicted molar refractivity (Wildman–Crippen MR) is 72.5 cm³/mol. The molecule has 2 aliphatic rings. The normalized spacial score (nSPS) is 21.7. The van der Waals surface area contributed by atoms with Crippen LogP contribution in [-0.4, -0.2) is 34.2 Å². The molecule has 120 valence electrons. The maximum Gasteiger partial charge on any atom is 0.433 e. The highest BCUT2D eigenvalue weighted by Crippen LogP contribution is 2.56. The van der Waals surface area contributed by atoms with Crippen LogP contribution in [0, 0.1) is 5.41 Å². The number of aromatic nitrogens is 1. The molecule has 22 heavy (non-hydrogen) atoms. The van der Waals surface area contributed by atoms with Crippen molar-refractivity contribution in [1.82, 2.24) is 9.88 Å². The highest BCUT2D eigenvalue weighted by atomic mass is 19.4. The monoisotopic (exact) mass is 314 g/mol. The van der Waals surface area contributed by atoms with Gasteiger partial charge in [0.2, 0.25) is 0 Å². The van der Waals surface area contributed by atoms with Crippen LogP contribution < -0.4 is 0 Å². The Hall–Kier alpha value is -1.79. The van der Waals surface area contributed by atoms with E-state index in [-0.39, 0.29) is 11.3 Å². The highest BCUT2D eigenvalue weighted by molar-refractivity contribution is 5.65. The summed E-state index contributed by atoms with van der Waals surface area (Å²) < 4.78 is 38.1. The number of hydrogen-bond donors (Lipinski definition) is 1. The summed E-state index contributed by atoms with van der Waals surface area (Å²) >= 11 is 0. The molecular weight excluding hydrogens is 297 g/mol. The van der Waals surface area contributed by atoms with E-state index in [0.29, 0.717) is 18.7 Å². The molecule has 1 saturated carbocycles. The zero-order chi connectivity index (χ0) is 16.0. The van der Waals surface area contributed by atoms with Gasteiger partial charge in [-0.05, 0) is 54.7 Å². The average molecular weight is 314 g/mol. The summed E-state index contributed by atoms with van der Waals surface area (Å²) in [6, 6.07) is 2.79. The summed E-state index contributed by atoms with van der Waals surface area (Å²) in [5.41, 5.74) is -0.0431. The van der Waals surface area contributed by atoms with Gasteiger partial charge in [-0.2, -0.15) is 13.2 Å². The average Bonchev–Trinajstić information content (AvgIpc) is 2.44. The first-order chi connectivity index (χ1) is 10.3. The van der Waals surface area contributed by atoms with Crippen LogP contribution in [0.1, 0.15) is 42.9 Å². The molecule has 0 radical (unpaired) electrons. The molecule has 1 aliphatic heterocycles. The Labute approximate surface area is 126 Å². The van der Waals surface area contributed by atoms with E-state index in [4.69, 9.17) is 5.11 Å². The number of halogens is 3. The highest BCUT2D eigenvalue weighted by Gasteiger charge is 2.47. The van der Waals surface area contributed by atoms with E-state index in [2.05, 4.69) is 4.98 Å². The Bertz CT molecular complexity index is 572. The third-order valence-corrected chi connectivity index (χ3v) is 5.00. The van der Waals surface area contributed by atoms with E-state index in [1.165, 1.54) is 11.1 Å². The second-order valence-electron chi connectivity index (χ2n) is 6.35. The molecule has 4 nitrogen and oxygen atoms in total. The maximum absolute atomic E-state index is 12.7. The lowest BCUT2D eigenvalue weighted by Crippen LogP contribution is -2.47. The molecule has 1 N–H and O–H groups in total. The van der Waals surface area contributed by atoms with Gasteiger partial charge in [0.1, 0.15) is 5.69 Å². The van der Waals surface area contributed by atoms with Crippen molar-refractivity contribution in [3.05, 3.63) is 29.6 Å². The Balaban J connectivity index is 1.63. The smallest absolute Gasteiger partial charge is 0.433 e. The van der Waals surface area contributed by atoms with Crippen LogP contribution in [0.2, 0.25) is 0 Å². The number of rotatable bonds is 1. The van der Waals surface area contributed by atoms with Crippen LogP contribution in [0.4, 0.5) is 18.0 Å². The number of alkyl halides is 3. The summed E-state index contributed by atoms with van der Waals surface area (Å²) in [4.78, 5) is 15.7. The molecule has 1 aromatic rings. The number of nitrogens with zero attached hydrogens (tertiary/aromatic N) is 2. The summed E-state index contributed by atoms with van der Waals surface area (Å²) in [6.45, 7) is 1.04. The van der Waals surface area contributed by atoms with Crippen molar-refractivity contribution < 1.29 is 23.1 Å². The van der Waals surface area contributed by atoms with Gasteiger partial charge in [-0.25, -0.2) is 4.79 Å². The Morgan fingerprint density at radius 3 is 2.50 bits per heavy atom. The minimum absolute atomic E-state index is 0.109. The molecule has 2 heterocycles. The number of carbonyl (C=O) groups is 1. The number of likely N-dealkylation sites (tertiary alicyclic amines) is 1. The molecule has 1 spiro atoms. The fraction of sp³-hybridized carbons (Fsp3) is 0.600. The second-order valence-corrected chi connectivity index (χ2v) is 6.35. The molecule has 1 saturated heterocycles. The second kappa shape index (κ2) is 5.14. The van der Waals surface area contributed by atoms with E-state index in [9.17, 15) is 18.0 Å². The van der Waals surface area contributed by atoms with Gasteiger partial charge in [0, 0.05) is 19.3 Å². The lowest BCUT2D eigenvalue weighted by Gasteiger charge is -2.52. The SMILES string of the molecule is O=C(O)N1CCC2(CC1)CC(c1ccnc(C(F)(F)F)c1)C2. The first-order valence-corrected chi connectivity index (χ1v) is 7.30. The zero-order valence-corrected chi connectivity index (χ0v) is 11.9. The van der Waals surface area contributed by atoms with Crippen molar-refractivity contribution in [3.63, 3.8) is 0 Å². The number of piperidine rings is 1. The van der Waals surface area contributed by atoms with Gasteiger partial charge in [0.05, 0.1) is 0 Å². The van der Waals surface area contributed by atoms with Crippen LogP contribution in [0.5, 0.6) is 0 Å². The van der Waals surface area contributed by atoms with Gasteiger partial charge in [-0.1, -0.05) is 0 Å². The van der Waals surface area contributed by atoms with E-state index in [1.807, 2.05) is 0 Å². The van der Waals surface area contributed by atoms with Crippen molar-refractivity contribution in [2.24, 2.45) is 5.41 Å². The van der Waals surface area contributed by atoms with Gasteiger partial charge in [-0.3, -0.25) is 4.98 Å². The van der Waals surface area contributed by atoms with Crippen LogP contribution in [0.15, 0.2) is 18.3 Å².